The molecule has 0 saturated heterocycles. The summed E-state index contributed by atoms with van der Waals surface area (Å²) in [4.78, 5) is 0. The van der Waals surface area contributed by atoms with E-state index < -0.39 is 0 Å². The van der Waals surface area contributed by atoms with E-state index in [1.807, 2.05) is 0 Å². The van der Waals surface area contributed by atoms with Crippen LogP contribution in [0, 0.1) is 17.7 Å². The molecule has 3 heteroatoms. The van der Waals surface area contributed by atoms with Gasteiger partial charge in [-0.3, -0.25) is 0 Å². The van der Waals surface area contributed by atoms with Crippen molar-refractivity contribution in [2.24, 2.45) is 0 Å². The van der Waals surface area contributed by atoms with Gasteiger partial charge in [-0.1, -0.05) is 11.8 Å². The third-order valence-electron chi connectivity index (χ3n) is 1.47. The van der Waals surface area contributed by atoms with Crippen molar-refractivity contribution in [2.75, 3.05) is 12.9 Å². The molecule has 0 aliphatic carbocycles. The van der Waals surface area contributed by atoms with Gasteiger partial charge in [0.05, 0.1) is 18.4 Å². The topological polar surface area (TPSA) is 9.23 Å². The van der Waals surface area contributed by atoms with Gasteiger partial charge >= 0.3 is 0 Å². The van der Waals surface area contributed by atoms with Gasteiger partial charge in [-0.15, -0.1) is 0 Å². The smallest absolute Gasteiger partial charge is 0.137 e. The first kappa shape index (κ1) is 9.94. The molecule has 1 aromatic carbocycles. The summed E-state index contributed by atoms with van der Waals surface area (Å²) in [7, 11) is 1.49. The number of halogens is 1. The monoisotopic (exact) mass is 196 g/mol. The summed E-state index contributed by atoms with van der Waals surface area (Å²) in [5.74, 6) is 6.19. The normalized spacial score (nSPS) is 8.85. The number of hydrogen-bond acceptors (Lipinski definition) is 2. The van der Waals surface area contributed by atoms with Crippen LogP contribution in [0.3, 0.4) is 0 Å². The quantitative estimate of drug-likeness (QED) is 0.534. The fraction of sp³-hybridized carbons (Fsp3) is 0.200. The van der Waals surface area contributed by atoms with E-state index in [9.17, 15) is 4.39 Å². The lowest BCUT2D eigenvalue weighted by Gasteiger charge is -2.01. The maximum Gasteiger partial charge on any atom is 0.137 e. The first-order valence-corrected chi connectivity index (χ1v) is 4.34. The van der Waals surface area contributed by atoms with Crippen molar-refractivity contribution in [3.63, 3.8) is 0 Å². The van der Waals surface area contributed by atoms with E-state index >= 15 is 0 Å². The highest BCUT2D eigenvalue weighted by atomic mass is 32.1. The second-order valence-corrected chi connectivity index (χ2v) is 2.62. The van der Waals surface area contributed by atoms with E-state index in [1.165, 1.54) is 19.2 Å². The van der Waals surface area contributed by atoms with Crippen LogP contribution in [-0.2, 0) is 0 Å². The second kappa shape index (κ2) is 4.78. The number of thiol groups is 1. The van der Waals surface area contributed by atoms with Crippen molar-refractivity contribution >= 4 is 12.6 Å². The molecule has 0 N–H and O–H groups in total. The fourth-order valence-electron chi connectivity index (χ4n) is 0.903. The summed E-state index contributed by atoms with van der Waals surface area (Å²) >= 11 is 3.95. The molecule has 0 heterocycles. The Morgan fingerprint density at radius 1 is 1.54 bits per heavy atom. The predicted molar refractivity (Wildman–Crippen MR) is 53.7 cm³/mol. The Morgan fingerprint density at radius 2 is 2.31 bits per heavy atom. The first-order valence-electron chi connectivity index (χ1n) is 3.71. The average molecular weight is 196 g/mol. The maximum absolute atomic E-state index is 12.7. The molecule has 0 saturated carbocycles. The van der Waals surface area contributed by atoms with E-state index in [2.05, 4.69) is 24.5 Å². The van der Waals surface area contributed by atoms with Gasteiger partial charge in [-0.25, -0.2) is 4.39 Å². The van der Waals surface area contributed by atoms with Gasteiger partial charge in [0.15, 0.2) is 0 Å². The van der Waals surface area contributed by atoms with Crippen LogP contribution in [0.2, 0.25) is 0 Å². The standard InChI is InChI=1S/C10H9FOS/c1-12-10-7-9(11)5-4-8(10)3-2-6-13/h4-5,7,13H,6H2,1H3. The lowest BCUT2D eigenvalue weighted by Crippen LogP contribution is -1.88. The molecule has 0 radical (unpaired) electrons. The minimum atomic E-state index is -0.326. The second-order valence-electron chi connectivity index (χ2n) is 2.30. The van der Waals surface area contributed by atoms with Crippen LogP contribution in [0.1, 0.15) is 5.56 Å². The minimum Gasteiger partial charge on any atom is -0.495 e. The van der Waals surface area contributed by atoms with Crippen LogP contribution in [0.25, 0.3) is 0 Å². The molecule has 1 aromatic rings. The summed E-state index contributed by atoms with van der Waals surface area (Å²) in [6.07, 6.45) is 0. The van der Waals surface area contributed by atoms with Crippen molar-refractivity contribution in [2.45, 2.75) is 0 Å². The Labute approximate surface area is 82.3 Å². The maximum atomic E-state index is 12.7. The Hall–Kier alpha value is -1.14. The van der Waals surface area contributed by atoms with Crippen molar-refractivity contribution in [1.29, 1.82) is 0 Å². The highest BCUT2D eigenvalue weighted by Crippen LogP contribution is 2.17. The minimum absolute atomic E-state index is 0.326. The molecule has 13 heavy (non-hydrogen) atoms. The van der Waals surface area contributed by atoms with Crippen LogP contribution in [0.4, 0.5) is 4.39 Å². The number of benzene rings is 1. The molecule has 0 aromatic heterocycles. The van der Waals surface area contributed by atoms with Crippen molar-refractivity contribution in [1.82, 2.24) is 0 Å². The van der Waals surface area contributed by atoms with E-state index in [0.29, 0.717) is 17.1 Å². The number of ether oxygens (including phenoxy) is 1. The summed E-state index contributed by atoms with van der Waals surface area (Å²) in [6, 6.07) is 4.25. The highest BCUT2D eigenvalue weighted by Gasteiger charge is 2.00. The van der Waals surface area contributed by atoms with Crippen molar-refractivity contribution in [3.8, 4) is 17.6 Å². The molecule has 68 valence electrons. The molecule has 0 spiro atoms. The van der Waals surface area contributed by atoms with Crippen LogP contribution in [0.15, 0.2) is 18.2 Å². The number of methoxy groups -OCH3 is 1. The van der Waals surface area contributed by atoms with Gasteiger partial charge in [0, 0.05) is 6.07 Å². The molecule has 0 fully saturated rings. The average Bonchev–Trinajstić information content (AvgIpc) is 2.16. The summed E-state index contributed by atoms with van der Waals surface area (Å²) in [5.41, 5.74) is 0.679. The zero-order valence-electron chi connectivity index (χ0n) is 7.17. The largest absolute Gasteiger partial charge is 0.495 e. The van der Waals surface area contributed by atoms with Crippen LogP contribution >= 0.6 is 12.6 Å². The Bertz CT molecular complexity index is 352. The third-order valence-corrected chi connectivity index (χ3v) is 1.62. The Kier molecular flexibility index (Phi) is 3.66. The molecule has 0 unspecified atom stereocenters. The van der Waals surface area contributed by atoms with Gasteiger partial charge < -0.3 is 4.74 Å². The lowest BCUT2D eigenvalue weighted by atomic mass is 10.2. The zero-order valence-corrected chi connectivity index (χ0v) is 8.07. The number of rotatable bonds is 1. The fourth-order valence-corrected chi connectivity index (χ4v) is 0.982. The summed E-state index contributed by atoms with van der Waals surface area (Å²) < 4.78 is 17.7. The number of hydrogen-bond donors (Lipinski definition) is 1. The molecular formula is C10H9FOS. The van der Waals surface area contributed by atoms with Gasteiger partial charge in [0.2, 0.25) is 0 Å². The molecule has 0 amide bonds. The molecule has 1 rings (SSSR count). The van der Waals surface area contributed by atoms with Crippen molar-refractivity contribution < 1.29 is 9.13 Å². The van der Waals surface area contributed by atoms with Crippen LogP contribution in [0.5, 0.6) is 5.75 Å². The van der Waals surface area contributed by atoms with Gasteiger partial charge in [-0.2, -0.15) is 12.6 Å². The molecular weight excluding hydrogens is 187 g/mol. The molecule has 0 bridgehead atoms. The van der Waals surface area contributed by atoms with E-state index in [4.69, 9.17) is 4.74 Å². The first-order chi connectivity index (χ1) is 6.27. The molecule has 0 aliphatic rings. The Morgan fingerprint density at radius 3 is 2.92 bits per heavy atom. The third kappa shape index (κ3) is 2.67. The van der Waals surface area contributed by atoms with E-state index in [1.54, 1.807) is 6.07 Å². The highest BCUT2D eigenvalue weighted by molar-refractivity contribution is 7.80. The van der Waals surface area contributed by atoms with E-state index in [0.717, 1.165) is 0 Å². The molecule has 0 aliphatic heterocycles. The van der Waals surface area contributed by atoms with Gasteiger partial charge in [0.1, 0.15) is 11.6 Å². The summed E-state index contributed by atoms with van der Waals surface area (Å²) in [5, 5.41) is 0. The zero-order chi connectivity index (χ0) is 9.68. The van der Waals surface area contributed by atoms with E-state index in [-0.39, 0.29) is 5.82 Å². The van der Waals surface area contributed by atoms with Crippen LogP contribution in [-0.4, -0.2) is 12.9 Å². The predicted octanol–water partition coefficient (Wildman–Crippen LogP) is 2.12. The lowest BCUT2D eigenvalue weighted by molar-refractivity contribution is 0.410. The van der Waals surface area contributed by atoms with Crippen molar-refractivity contribution in [3.05, 3.63) is 29.6 Å². The summed E-state index contributed by atoms with van der Waals surface area (Å²) in [6.45, 7) is 0. The van der Waals surface area contributed by atoms with Gasteiger partial charge in [-0.05, 0) is 12.1 Å². The molecule has 0 atom stereocenters. The molecule has 1 nitrogen and oxygen atoms in total. The SMILES string of the molecule is COc1cc(F)ccc1C#CCS. The van der Waals surface area contributed by atoms with Crippen LogP contribution < -0.4 is 4.74 Å². The Balaban J connectivity index is 3.06. The van der Waals surface area contributed by atoms with Gasteiger partial charge in [0.25, 0.3) is 0 Å².